The van der Waals surface area contributed by atoms with Crippen LogP contribution in [0.15, 0.2) is 30.3 Å². The number of hydrogen-bond donors (Lipinski definition) is 0. The molecule has 84 valence electrons. The van der Waals surface area contributed by atoms with E-state index in [0.29, 0.717) is 4.75 Å². The first-order valence-electron chi connectivity index (χ1n) is 4.92. The molecule has 15 heavy (non-hydrogen) atoms. The molecule has 0 saturated carbocycles. The van der Waals surface area contributed by atoms with Gasteiger partial charge >= 0.3 is 0 Å². The first kappa shape index (κ1) is 15.3. The van der Waals surface area contributed by atoms with Gasteiger partial charge in [-0.15, -0.1) is 0 Å². The van der Waals surface area contributed by atoms with E-state index in [-0.39, 0.29) is 13.5 Å². The van der Waals surface area contributed by atoms with Crippen LogP contribution in [0.2, 0.25) is 0 Å². The van der Waals surface area contributed by atoms with Crippen molar-refractivity contribution in [3.05, 3.63) is 35.9 Å². The second kappa shape index (κ2) is 7.53. The summed E-state index contributed by atoms with van der Waals surface area (Å²) in [5.41, 5.74) is 1.44. The summed E-state index contributed by atoms with van der Waals surface area (Å²) in [7, 11) is 3.94. The average Bonchev–Trinajstić information content (AvgIpc) is 2.13. The molecule has 1 rings (SSSR count). The van der Waals surface area contributed by atoms with Gasteiger partial charge in [-0.3, -0.25) is 0 Å². The summed E-state index contributed by atoms with van der Waals surface area (Å²) in [4.78, 5) is 0. The van der Waals surface area contributed by atoms with Crippen molar-refractivity contribution in [1.29, 1.82) is 0 Å². The number of hydrogen-bond acceptors (Lipinski definition) is 2. The Morgan fingerprint density at radius 3 is 2.20 bits per heavy atom. The van der Waals surface area contributed by atoms with Gasteiger partial charge in [0.25, 0.3) is 0 Å². The average molecular weight is 258 g/mol. The van der Waals surface area contributed by atoms with Crippen molar-refractivity contribution in [3.63, 3.8) is 0 Å². The monoisotopic (exact) mass is 258 g/mol. The third-order valence-corrected chi connectivity index (χ3v) is 4.97. The molecule has 0 aliphatic carbocycles. The molecule has 0 nitrogen and oxygen atoms in total. The fourth-order valence-corrected chi connectivity index (χ4v) is 3.34. The predicted octanol–water partition coefficient (Wildman–Crippen LogP) is 5.06. The summed E-state index contributed by atoms with van der Waals surface area (Å²) in [5, 5.41) is 0. The lowest BCUT2D eigenvalue weighted by molar-refractivity contribution is 0.810. The Hall–Kier alpha value is 0.270. The molecule has 0 aromatic heterocycles. The first-order chi connectivity index (χ1) is 6.58. The predicted molar refractivity (Wildman–Crippen MR) is 77.5 cm³/mol. The minimum absolute atomic E-state index is 0. The smallest absolute Gasteiger partial charge is 0.0179 e. The number of aryl methyl sites for hydroxylation is 1. The van der Waals surface area contributed by atoms with Gasteiger partial charge in [0.2, 0.25) is 0 Å². The van der Waals surface area contributed by atoms with Crippen molar-refractivity contribution in [3.8, 4) is 0 Å². The SMILES string of the molecule is CC(C)(C)SSCCc1ccccc1.[S]. The Balaban J connectivity index is 0.00000196. The molecule has 3 heteroatoms. The fourth-order valence-electron chi connectivity index (χ4n) is 1.02. The van der Waals surface area contributed by atoms with Gasteiger partial charge in [0, 0.05) is 24.0 Å². The zero-order valence-electron chi connectivity index (χ0n) is 9.53. The topological polar surface area (TPSA) is 0 Å². The van der Waals surface area contributed by atoms with Gasteiger partial charge in [-0.1, -0.05) is 72.7 Å². The molecular weight excluding hydrogens is 240 g/mol. The van der Waals surface area contributed by atoms with Crippen molar-refractivity contribution >= 4 is 35.1 Å². The largest absolute Gasteiger partial charge is 0.0933 e. The molecule has 0 saturated heterocycles. The highest BCUT2D eigenvalue weighted by Gasteiger charge is 2.10. The van der Waals surface area contributed by atoms with Crippen LogP contribution in [0.25, 0.3) is 0 Å². The molecule has 2 radical (unpaired) electrons. The summed E-state index contributed by atoms with van der Waals surface area (Å²) in [6.45, 7) is 6.77. The minimum atomic E-state index is 0. The van der Waals surface area contributed by atoms with Crippen molar-refractivity contribution in [2.45, 2.75) is 31.9 Å². The summed E-state index contributed by atoms with van der Waals surface area (Å²) in [6.07, 6.45) is 1.18. The van der Waals surface area contributed by atoms with E-state index in [1.165, 1.54) is 17.7 Å². The lowest BCUT2D eigenvalue weighted by atomic mass is 10.2. The maximum atomic E-state index is 2.26. The van der Waals surface area contributed by atoms with E-state index in [0.717, 1.165) is 0 Å². The Kier molecular flexibility index (Phi) is 7.66. The van der Waals surface area contributed by atoms with E-state index >= 15 is 0 Å². The minimum Gasteiger partial charge on any atom is -0.0933 e. The maximum absolute atomic E-state index is 2.26. The van der Waals surface area contributed by atoms with Gasteiger partial charge in [-0.05, 0) is 12.0 Å². The number of rotatable bonds is 4. The van der Waals surface area contributed by atoms with Crippen LogP contribution < -0.4 is 0 Å². The van der Waals surface area contributed by atoms with Crippen LogP contribution >= 0.6 is 35.1 Å². The van der Waals surface area contributed by atoms with Gasteiger partial charge in [-0.2, -0.15) is 0 Å². The van der Waals surface area contributed by atoms with Gasteiger partial charge in [0.05, 0.1) is 0 Å². The van der Waals surface area contributed by atoms with Crippen LogP contribution in [-0.2, 0) is 6.42 Å². The quantitative estimate of drug-likeness (QED) is 0.547. The van der Waals surface area contributed by atoms with E-state index in [1.807, 2.05) is 21.6 Å². The standard InChI is InChI=1S/C12H18S2.S/c1-12(2,3)14-13-10-9-11-7-5-4-6-8-11;/h4-8H,9-10H2,1-3H3;. The maximum Gasteiger partial charge on any atom is 0.0179 e. The summed E-state index contributed by atoms with van der Waals surface area (Å²) in [6, 6.07) is 10.7. The number of benzene rings is 1. The highest BCUT2D eigenvalue weighted by molar-refractivity contribution is 8.77. The second-order valence-corrected chi connectivity index (χ2v) is 7.50. The van der Waals surface area contributed by atoms with Crippen LogP contribution in [0.5, 0.6) is 0 Å². The summed E-state index contributed by atoms with van der Waals surface area (Å²) >= 11 is 0. The van der Waals surface area contributed by atoms with Crippen LogP contribution in [0.4, 0.5) is 0 Å². The molecule has 0 N–H and O–H groups in total. The van der Waals surface area contributed by atoms with Crippen LogP contribution in [0.3, 0.4) is 0 Å². The summed E-state index contributed by atoms with van der Waals surface area (Å²) < 4.78 is 0.376. The Labute approximate surface area is 108 Å². The van der Waals surface area contributed by atoms with Crippen molar-refractivity contribution in [1.82, 2.24) is 0 Å². The molecule has 0 spiro atoms. The first-order valence-corrected chi connectivity index (χ1v) is 7.24. The third kappa shape index (κ3) is 8.12. The molecule has 0 aliphatic rings. The molecule has 0 heterocycles. The molecule has 0 unspecified atom stereocenters. The van der Waals surface area contributed by atoms with Crippen LogP contribution in [0, 0.1) is 0 Å². The molecule has 1 aromatic carbocycles. The normalized spacial score (nSPS) is 10.9. The van der Waals surface area contributed by atoms with Gasteiger partial charge in [0.15, 0.2) is 0 Å². The van der Waals surface area contributed by atoms with Gasteiger partial charge < -0.3 is 0 Å². The van der Waals surface area contributed by atoms with Gasteiger partial charge in [0.1, 0.15) is 0 Å². The molecule has 0 aliphatic heterocycles. The zero-order valence-corrected chi connectivity index (χ0v) is 12.0. The van der Waals surface area contributed by atoms with E-state index in [2.05, 4.69) is 51.1 Å². The van der Waals surface area contributed by atoms with E-state index in [9.17, 15) is 0 Å². The molecule has 0 atom stereocenters. The van der Waals surface area contributed by atoms with Crippen molar-refractivity contribution in [2.24, 2.45) is 0 Å². The molecule has 0 amide bonds. The molecule has 0 bridgehead atoms. The van der Waals surface area contributed by atoms with Crippen molar-refractivity contribution < 1.29 is 0 Å². The Morgan fingerprint density at radius 1 is 1.07 bits per heavy atom. The molecule has 1 aromatic rings. The zero-order chi connectivity index (χ0) is 10.4. The molecular formula is C12H18S3. The third-order valence-electron chi connectivity index (χ3n) is 1.63. The van der Waals surface area contributed by atoms with E-state index < -0.39 is 0 Å². The summed E-state index contributed by atoms with van der Waals surface area (Å²) in [5.74, 6) is 1.20. The highest BCUT2D eigenvalue weighted by Crippen LogP contribution is 2.35. The lowest BCUT2D eigenvalue weighted by Crippen LogP contribution is -2.04. The van der Waals surface area contributed by atoms with Crippen molar-refractivity contribution in [2.75, 3.05) is 5.75 Å². The molecule has 0 fully saturated rings. The Morgan fingerprint density at radius 2 is 1.67 bits per heavy atom. The van der Waals surface area contributed by atoms with E-state index in [4.69, 9.17) is 0 Å². The highest BCUT2D eigenvalue weighted by atomic mass is 33.1. The van der Waals surface area contributed by atoms with Gasteiger partial charge in [-0.25, -0.2) is 0 Å². The van der Waals surface area contributed by atoms with Crippen LogP contribution in [0.1, 0.15) is 26.3 Å². The van der Waals surface area contributed by atoms with Crippen LogP contribution in [-0.4, -0.2) is 10.5 Å². The second-order valence-electron chi connectivity index (χ2n) is 4.25. The lowest BCUT2D eigenvalue weighted by Gasteiger charge is -2.15. The fraction of sp³-hybridized carbons (Fsp3) is 0.500. The Bertz CT molecular complexity index is 251. The van der Waals surface area contributed by atoms with E-state index in [1.54, 1.807) is 0 Å².